The number of ether oxygens (including phenoxy) is 2. The number of benzene rings is 2. The summed E-state index contributed by atoms with van der Waals surface area (Å²) in [6.07, 6.45) is 4.17. The first-order valence-corrected chi connectivity index (χ1v) is 16.4. The molecule has 2 aliphatic heterocycles. The van der Waals surface area contributed by atoms with E-state index in [2.05, 4.69) is 14.4 Å². The normalized spacial score (nSPS) is 18.3. The topological polar surface area (TPSA) is 93.0 Å². The van der Waals surface area contributed by atoms with Crippen molar-refractivity contribution in [1.82, 2.24) is 24.3 Å². The molecule has 6 rings (SSSR count). The summed E-state index contributed by atoms with van der Waals surface area (Å²) in [6.45, 7) is 7.11. The second kappa shape index (κ2) is 14.9. The number of carboxylic acid groups (broad SMARTS) is 1. The molecule has 0 bridgehead atoms. The van der Waals surface area contributed by atoms with Gasteiger partial charge in [0.1, 0.15) is 18.2 Å². The standard InChI is InChI=1S/C35H41ClFN5O4/c1-45-17-16-40-13-3-4-24(20-40)21-42-32-18-26(35(43)44)8-10-31(32)38-33(42)22-41-14-11-25(12-15-41)30-5-2-6-34(39-30)46-23-27-7-9-28(36)19-29(27)37/h2,5-10,18-19,24-25H,3-4,11-17,20-23H2,1H3,(H,43,44). The largest absolute Gasteiger partial charge is 0.478 e. The summed E-state index contributed by atoms with van der Waals surface area (Å²) < 4.78 is 27.6. The number of nitrogens with zero attached hydrogens (tertiary/aromatic N) is 5. The van der Waals surface area contributed by atoms with Crippen LogP contribution in [0.25, 0.3) is 11.0 Å². The molecule has 2 aliphatic rings. The fraction of sp³-hybridized carbons (Fsp3) is 0.457. The molecule has 2 aromatic heterocycles. The molecule has 2 aromatic carbocycles. The Bertz CT molecular complexity index is 1660. The van der Waals surface area contributed by atoms with Gasteiger partial charge in [0.15, 0.2) is 0 Å². The molecule has 2 saturated heterocycles. The van der Waals surface area contributed by atoms with Crippen molar-refractivity contribution in [3.63, 3.8) is 0 Å². The van der Waals surface area contributed by atoms with Crippen LogP contribution in [0.5, 0.6) is 5.88 Å². The highest BCUT2D eigenvalue weighted by Gasteiger charge is 2.26. The summed E-state index contributed by atoms with van der Waals surface area (Å²) in [7, 11) is 1.74. The Balaban J connectivity index is 1.12. The number of hydrogen-bond acceptors (Lipinski definition) is 7. The molecule has 0 aliphatic carbocycles. The van der Waals surface area contributed by atoms with Gasteiger partial charge in [-0.1, -0.05) is 23.7 Å². The average molecular weight is 650 g/mol. The van der Waals surface area contributed by atoms with Crippen LogP contribution < -0.4 is 4.74 Å². The minimum absolute atomic E-state index is 0.0822. The van der Waals surface area contributed by atoms with E-state index in [0.29, 0.717) is 34.8 Å². The van der Waals surface area contributed by atoms with E-state index in [4.69, 9.17) is 31.0 Å². The van der Waals surface area contributed by atoms with Gasteiger partial charge in [0.25, 0.3) is 0 Å². The number of piperidine rings is 2. The number of carbonyl (C=O) groups is 1. The lowest BCUT2D eigenvalue weighted by Crippen LogP contribution is -2.39. The highest BCUT2D eigenvalue weighted by atomic mass is 35.5. The van der Waals surface area contributed by atoms with E-state index in [0.717, 1.165) is 94.1 Å². The van der Waals surface area contributed by atoms with Gasteiger partial charge in [-0.05, 0) is 87.6 Å². The maximum absolute atomic E-state index is 14.2. The van der Waals surface area contributed by atoms with Crippen LogP contribution in [0.15, 0.2) is 54.6 Å². The van der Waals surface area contributed by atoms with Gasteiger partial charge in [-0.3, -0.25) is 4.90 Å². The van der Waals surface area contributed by atoms with Gasteiger partial charge >= 0.3 is 5.97 Å². The highest BCUT2D eigenvalue weighted by Crippen LogP contribution is 2.30. The summed E-state index contributed by atoms with van der Waals surface area (Å²) in [6, 6.07) is 15.6. The molecule has 0 spiro atoms. The summed E-state index contributed by atoms with van der Waals surface area (Å²) in [4.78, 5) is 26.5. The lowest BCUT2D eigenvalue weighted by molar-refractivity contribution is 0.0697. The maximum Gasteiger partial charge on any atom is 0.335 e. The number of methoxy groups -OCH3 is 1. The molecular weight excluding hydrogens is 609 g/mol. The molecule has 2 fully saturated rings. The summed E-state index contributed by atoms with van der Waals surface area (Å²) in [5.41, 5.74) is 3.42. The number of pyridine rings is 1. The van der Waals surface area contributed by atoms with E-state index in [1.165, 1.54) is 6.07 Å². The Labute approximate surface area is 273 Å². The van der Waals surface area contributed by atoms with E-state index >= 15 is 0 Å². The number of hydrogen-bond donors (Lipinski definition) is 1. The molecule has 9 nitrogen and oxygen atoms in total. The van der Waals surface area contributed by atoms with Crippen molar-refractivity contribution in [2.24, 2.45) is 5.92 Å². The number of aromatic nitrogens is 3. The van der Waals surface area contributed by atoms with Gasteiger partial charge < -0.3 is 24.0 Å². The molecule has 4 aromatic rings. The van der Waals surface area contributed by atoms with Crippen molar-refractivity contribution in [3.05, 3.63) is 88.1 Å². The van der Waals surface area contributed by atoms with Crippen molar-refractivity contribution < 1.29 is 23.8 Å². The number of rotatable bonds is 12. The Hall–Kier alpha value is -3.57. The number of fused-ring (bicyclic) bond motifs is 1. The third-order valence-electron chi connectivity index (χ3n) is 9.24. The Morgan fingerprint density at radius 2 is 1.89 bits per heavy atom. The summed E-state index contributed by atoms with van der Waals surface area (Å²) in [5.74, 6) is 0.888. The predicted molar refractivity (Wildman–Crippen MR) is 175 cm³/mol. The van der Waals surface area contributed by atoms with Crippen LogP contribution in [-0.4, -0.2) is 81.9 Å². The summed E-state index contributed by atoms with van der Waals surface area (Å²) in [5, 5.41) is 10.0. The summed E-state index contributed by atoms with van der Waals surface area (Å²) >= 11 is 5.87. The molecule has 0 saturated carbocycles. The fourth-order valence-corrected chi connectivity index (χ4v) is 6.89. The number of likely N-dealkylation sites (tertiary alicyclic amines) is 2. The fourth-order valence-electron chi connectivity index (χ4n) is 6.73. The van der Waals surface area contributed by atoms with Crippen LogP contribution in [-0.2, 0) is 24.4 Å². The molecule has 46 heavy (non-hydrogen) atoms. The molecular formula is C35H41ClFN5O4. The Morgan fingerprint density at radius 3 is 2.67 bits per heavy atom. The SMILES string of the molecule is COCCN1CCCC(Cn2c(CN3CCC(c4cccc(OCc5ccc(Cl)cc5F)n4)CC3)nc3ccc(C(=O)O)cc32)C1. The van der Waals surface area contributed by atoms with Crippen molar-refractivity contribution in [2.75, 3.05) is 46.4 Å². The van der Waals surface area contributed by atoms with Crippen LogP contribution in [0.4, 0.5) is 4.39 Å². The monoisotopic (exact) mass is 649 g/mol. The molecule has 1 N–H and O–H groups in total. The van der Waals surface area contributed by atoms with Gasteiger partial charge in [-0.25, -0.2) is 19.2 Å². The number of aromatic carboxylic acids is 1. The first-order chi connectivity index (χ1) is 22.4. The van der Waals surface area contributed by atoms with Gasteiger partial charge in [-0.2, -0.15) is 0 Å². The van der Waals surface area contributed by atoms with Crippen molar-refractivity contribution in [3.8, 4) is 5.88 Å². The second-order valence-electron chi connectivity index (χ2n) is 12.4. The zero-order valence-electron chi connectivity index (χ0n) is 26.2. The second-order valence-corrected chi connectivity index (χ2v) is 12.9. The van der Waals surface area contributed by atoms with Crippen LogP contribution in [0.3, 0.4) is 0 Å². The van der Waals surface area contributed by atoms with E-state index in [1.807, 2.05) is 18.2 Å². The first-order valence-electron chi connectivity index (χ1n) is 16.1. The van der Waals surface area contributed by atoms with Crippen LogP contribution >= 0.6 is 11.6 Å². The Kier molecular flexibility index (Phi) is 10.5. The minimum Gasteiger partial charge on any atom is -0.478 e. The number of imidazole rings is 1. The van der Waals surface area contributed by atoms with Crippen molar-refractivity contribution in [1.29, 1.82) is 0 Å². The molecule has 244 valence electrons. The highest BCUT2D eigenvalue weighted by molar-refractivity contribution is 6.30. The lowest BCUT2D eigenvalue weighted by Gasteiger charge is -2.34. The van der Waals surface area contributed by atoms with E-state index in [9.17, 15) is 14.3 Å². The molecule has 11 heteroatoms. The third-order valence-corrected chi connectivity index (χ3v) is 9.47. The Morgan fingerprint density at radius 1 is 1.04 bits per heavy atom. The van der Waals surface area contributed by atoms with Crippen molar-refractivity contribution >= 4 is 28.6 Å². The van der Waals surface area contributed by atoms with E-state index in [1.54, 1.807) is 37.4 Å². The van der Waals surface area contributed by atoms with E-state index < -0.39 is 11.8 Å². The van der Waals surface area contributed by atoms with Gasteiger partial charge in [0.2, 0.25) is 5.88 Å². The lowest BCUT2D eigenvalue weighted by atomic mass is 9.93. The number of halogens is 2. The average Bonchev–Trinajstić information content (AvgIpc) is 3.39. The van der Waals surface area contributed by atoms with Gasteiger partial charge in [-0.15, -0.1) is 0 Å². The van der Waals surface area contributed by atoms with Gasteiger partial charge in [0.05, 0.1) is 29.7 Å². The van der Waals surface area contributed by atoms with Crippen LogP contribution in [0, 0.1) is 11.7 Å². The number of carboxylic acids is 1. The molecule has 0 radical (unpaired) electrons. The smallest absolute Gasteiger partial charge is 0.335 e. The molecule has 4 heterocycles. The molecule has 1 atom stereocenters. The zero-order chi connectivity index (χ0) is 32.0. The van der Waals surface area contributed by atoms with Gasteiger partial charge in [0, 0.05) is 55.0 Å². The maximum atomic E-state index is 14.2. The quantitative estimate of drug-likeness (QED) is 0.193. The molecule has 0 amide bonds. The van der Waals surface area contributed by atoms with Crippen LogP contribution in [0.2, 0.25) is 5.02 Å². The van der Waals surface area contributed by atoms with Crippen molar-refractivity contribution in [2.45, 2.75) is 51.3 Å². The minimum atomic E-state index is -0.929. The third kappa shape index (κ3) is 7.86. The van der Waals surface area contributed by atoms with Crippen LogP contribution in [0.1, 0.15) is 59.0 Å². The first kappa shape index (κ1) is 32.4. The predicted octanol–water partition coefficient (Wildman–Crippen LogP) is 6.24. The molecule has 1 unspecified atom stereocenters. The zero-order valence-corrected chi connectivity index (χ0v) is 27.0. The van der Waals surface area contributed by atoms with E-state index in [-0.39, 0.29) is 12.2 Å².